The summed E-state index contributed by atoms with van der Waals surface area (Å²) in [6, 6.07) is 10.7. The van der Waals surface area contributed by atoms with Gasteiger partial charge in [0.15, 0.2) is 0 Å². The lowest BCUT2D eigenvalue weighted by Crippen LogP contribution is -2.11. The number of alkyl halides is 3. The molecule has 3 rings (SSSR count). The Morgan fingerprint density at radius 1 is 1.12 bits per heavy atom. The molecule has 1 aromatic carbocycles. The van der Waals surface area contributed by atoms with Crippen LogP contribution in [0.15, 0.2) is 55.0 Å². The van der Waals surface area contributed by atoms with Crippen LogP contribution in [-0.2, 0) is 19.3 Å². The fraction of sp³-hybridized carbons (Fsp3) is 0.176. The van der Waals surface area contributed by atoms with Gasteiger partial charge in [0.1, 0.15) is 11.6 Å². The standard InChI is InChI=1S/C17H14ClF3N4/c18-14-8-13(17(19,20)21)9-23-16(14)24-10-15-22-6-7-25(15)11-12-4-2-1-3-5-12/h1-9H,10-11H2,(H,23,24). The van der Waals surface area contributed by atoms with Gasteiger partial charge in [-0.2, -0.15) is 13.2 Å². The maximum Gasteiger partial charge on any atom is 0.417 e. The number of benzene rings is 1. The zero-order valence-corrected chi connectivity index (χ0v) is 13.7. The summed E-state index contributed by atoms with van der Waals surface area (Å²) in [5.74, 6) is 0.908. The van der Waals surface area contributed by atoms with Crippen molar-refractivity contribution in [2.45, 2.75) is 19.3 Å². The molecular weight excluding hydrogens is 353 g/mol. The summed E-state index contributed by atoms with van der Waals surface area (Å²) in [6.45, 7) is 0.934. The minimum atomic E-state index is -4.47. The molecule has 0 fully saturated rings. The average Bonchev–Trinajstić information content (AvgIpc) is 3.01. The summed E-state index contributed by atoms with van der Waals surface area (Å²) in [4.78, 5) is 8.02. The van der Waals surface area contributed by atoms with Gasteiger partial charge in [-0.05, 0) is 11.6 Å². The van der Waals surface area contributed by atoms with Crippen LogP contribution in [0, 0.1) is 0 Å². The van der Waals surface area contributed by atoms with Crippen molar-refractivity contribution >= 4 is 17.4 Å². The van der Waals surface area contributed by atoms with E-state index in [-0.39, 0.29) is 17.4 Å². The monoisotopic (exact) mass is 366 g/mol. The van der Waals surface area contributed by atoms with Gasteiger partial charge in [-0.3, -0.25) is 0 Å². The molecule has 130 valence electrons. The van der Waals surface area contributed by atoms with Gasteiger partial charge in [-0.15, -0.1) is 0 Å². The Morgan fingerprint density at radius 2 is 1.88 bits per heavy atom. The van der Waals surface area contributed by atoms with E-state index in [0.717, 1.165) is 23.7 Å². The predicted octanol–water partition coefficient (Wildman–Crippen LogP) is 4.61. The predicted molar refractivity (Wildman–Crippen MR) is 89.3 cm³/mol. The second-order valence-electron chi connectivity index (χ2n) is 5.36. The van der Waals surface area contributed by atoms with E-state index in [0.29, 0.717) is 6.54 Å². The highest BCUT2D eigenvalue weighted by atomic mass is 35.5. The van der Waals surface area contributed by atoms with Gasteiger partial charge in [-0.25, -0.2) is 9.97 Å². The Balaban J connectivity index is 1.70. The van der Waals surface area contributed by atoms with E-state index >= 15 is 0 Å². The summed E-state index contributed by atoms with van der Waals surface area (Å²) in [7, 11) is 0. The van der Waals surface area contributed by atoms with Crippen LogP contribution in [0.25, 0.3) is 0 Å². The zero-order valence-electron chi connectivity index (χ0n) is 13.0. The summed E-state index contributed by atoms with van der Waals surface area (Å²) in [5, 5.41) is 2.84. The quantitative estimate of drug-likeness (QED) is 0.717. The van der Waals surface area contributed by atoms with Crippen LogP contribution in [-0.4, -0.2) is 14.5 Å². The van der Waals surface area contributed by atoms with Crippen LogP contribution in [0.5, 0.6) is 0 Å². The summed E-state index contributed by atoms with van der Waals surface area (Å²) >= 11 is 5.89. The van der Waals surface area contributed by atoms with Crippen LogP contribution in [0.3, 0.4) is 0 Å². The van der Waals surface area contributed by atoms with E-state index in [1.807, 2.05) is 41.1 Å². The topological polar surface area (TPSA) is 42.7 Å². The third-order valence-corrected chi connectivity index (χ3v) is 3.87. The van der Waals surface area contributed by atoms with Gasteiger partial charge >= 0.3 is 6.18 Å². The average molecular weight is 367 g/mol. The molecule has 0 bridgehead atoms. The number of halogens is 4. The Labute approximate surface area is 147 Å². The number of rotatable bonds is 5. The maximum absolute atomic E-state index is 12.6. The largest absolute Gasteiger partial charge is 0.417 e. The molecule has 2 aromatic heterocycles. The molecule has 0 amide bonds. The number of anilines is 1. The Kier molecular flexibility index (Phi) is 4.94. The molecule has 4 nitrogen and oxygen atoms in total. The number of hydrogen-bond acceptors (Lipinski definition) is 3. The molecule has 0 unspecified atom stereocenters. The fourth-order valence-electron chi connectivity index (χ4n) is 2.32. The molecule has 0 aliphatic rings. The third-order valence-electron chi connectivity index (χ3n) is 3.58. The van der Waals surface area contributed by atoms with Crippen molar-refractivity contribution in [1.82, 2.24) is 14.5 Å². The van der Waals surface area contributed by atoms with Crippen molar-refractivity contribution in [3.63, 3.8) is 0 Å². The van der Waals surface area contributed by atoms with Gasteiger partial charge in [0.2, 0.25) is 0 Å². The first-order valence-electron chi connectivity index (χ1n) is 7.44. The van der Waals surface area contributed by atoms with Gasteiger partial charge in [-0.1, -0.05) is 41.9 Å². The highest BCUT2D eigenvalue weighted by Crippen LogP contribution is 2.32. The zero-order chi connectivity index (χ0) is 17.9. The normalized spacial score (nSPS) is 11.5. The van der Waals surface area contributed by atoms with Crippen LogP contribution < -0.4 is 5.32 Å². The van der Waals surface area contributed by atoms with Crippen molar-refractivity contribution in [1.29, 1.82) is 0 Å². The van der Waals surface area contributed by atoms with E-state index in [1.165, 1.54) is 0 Å². The van der Waals surface area contributed by atoms with Crippen LogP contribution >= 0.6 is 11.6 Å². The van der Waals surface area contributed by atoms with Crippen molar-refractivity contribution in [3.8, 4) is 0 Å². The molecule has 0 aliphatic heterocycles. The van der Waals surface area contributed by atoms with E-state index in [9.17, 15) is 13.2 Å². The summed E-state index contributed by atoms with van der Waals surface area (Å²) in [5.41, 5.74) is 0.237. The first-order chi connectivity index (χ1) is 11.9. The number of pyridine rings is 1. The Bertz CT molecular complexity index is 847. The minimum Gasteiger partial charge on any atom is -0.362 e. The first-order valence-corrected chi connectivity index (χ1v) is 7.82. The van der Waals surface area contributed by atoms with Crippen molar-refractivity contribution in [2.75, 3.05) is 5.32 Å². The lowest BCUT2D eigenvalue weighted by Gasteiger charge is -2.12. The van der Waals surface area contributed by atoms with Crippen molar-refractivity contribution in [2.24, 2.45) is 0 Å². The molecule has 0 saturated carbocycles. The molecule has 3 aromatic rings. The third kappa shape index (κ3) is 4.30. The molecule has 8 heteroatoms. The van der Waals surface area contributed by atoms with Crippen LogP contribution in [0.4, 0.5) is 19.0 Å². The van der Waals surface area contributed by atoms with Gasteiger partial charge < -0.3 is 9.88 Å². The lowest BCUT2D eigenvalue weighted by atomic mass is 10.2. The Morgan fingerprint density at radius 3 is 2.56 bits per heavy atom. The molecule has 0 aliphatic carbocycles. The van der Waals surface area contributed by atoms with E-state index in [1.54, 1.807) is 6.20 Å². The number of imidazole rings is 1. The SMILES string of the molecule is FC(F)(F)c1cnc(NCc2nccn2Cc2ccccc2)c(Cl)c1. The van der Waals surface area contributed by atoms with Crippen molar-refractivity contribution < 1.29 is 13.2 Å². The van der Waals surface area contributed by atoms with E-state index in [2.05, 4.69) is 15.3 Å². The summed E-state index contributed by atoms with van der Waals surface area (Å²) < 4.78 is 39.9. The molecule has 0 atom stereocenters. The maximum atomic E-state index is 12.6. The molecule has 0 saturated heterocycles. The smallest absolute Gasteiger partial charge is 0.362 e. The minimum absolute atomic E-state index is 0.0870. The second-order valence-corrected chi connectivity index (χ2v) is 5.77. The van der Waals surface area contributed by atoms with Crippen molar-refractivity contribution in [3.05, 3.63) is 77.0 Å². The Hall–Kier alpha value is -2.54. The van der Waals surface area contributed by atoms with E-state index in [4.69, 9.17) is 11.6 Å². The molecule has 1 N–H and O–H groups in total. The van der Waals surface area contributed by atoms with E-state index < -0.39 is 11.7 Å². The second kappa shape index (κ2) is 7.14. The highest BCUT2D eigenvalue weighted by Gasteiger charge is 2.31. The number of nitrogens with one attached hydrogen (secondary N) is 1. The number of hydrogen-bond donors (Lipinski definition) is 1. The number of nitrogens with zero attached hydrogens (tertiary/aromatic N) is 3. The molecule has 25 heavy (non-hydrogen) atoms. The molecular formula is C17H14ClF3N4. The van der Waals surface area contributed by atoms with Crippen LogP contribution in [0.1, 0.15) is 17.0 Å². The number of aromatic nitrogens is 3. The molecule has 2 heterocycles. The fourth-order valence-corrected chi connectivity index (χ4v) is 2.55. The lowest BCUT2D eigenvalue weighted by molar-refractivity contribution is -0.137. The molecule has 0 radical (unpaired) electrons. The highest BCUT2D eigenvalue weighted by molar-refractivity contribution is 6.32. The molecule has 0 spiro atoms. The van der Waals surface area contributed by atoms with Gasteiger partial charge in [0, 0.05) is 25.1 Å². The van der Waals surface area contributed by atoms with Gasteiger partial charge in [0.05, 0.1) is 17.1 Å². The summed E-state index contributed by atoms with van der Waals surface area (Å²) in [6.07, 6.45) is -0.209. The first kappa shape index (κ1) is 17.3. The van der Waals surface area contributed by atoms with Crippen LogP contribution in [0.2, 0.25) is 5.02 Å². The van der Waals surface area contributed by atoms with Gasteiger partial charge in [0.25, 0.3) is 0 Å².